The number of carbonyl (C=O) groups is 1. The van der Waals surface area contributed by atoms with E-state index in [0.29, 0.717) is 6.42 Å². The molecule has 0 aliphatic rings. The number of hydrogen-bond donors (Lipinski definition) is 0. The van der Waals surface area contributed by atoms with E-state index in [1.165, 1.54) is 17.7 Å². The Morgan fingerprint density at radius 1 is 1.43 bits per heavy atom. The van der Waals surface area contributed by atoms with E-state index in [0.717, 1.165) is 12.8 Å². The maximum Gasteiger partial charge on any atom is 0.223 e. The van der Waals surface area contributed by atoms with Crippen LogP contribution in [0.25, 0.3) is 0 Å². The van der Waals surface area contributed by atoms with Gasteiger partial charge in [0, 0.05) is 13.5 Å². The average molecular weight is 196 g/mol. The molecule has 3 heteroatoms. The Balaban J connectivity index is 3.69. The lowest BCUT2D eigenvalue weighted by Crippen LogP contribution is -2.33. The Morgan fingerprint density at radius 3 is 2.57 bits per heavy atom. The van der Waals surface area contributed by atoms with Crippen LogP contribution in [0.3, 0.4) is 0 Å². The molecule has 0 radical (unpaired) electrons. The summed E-state index contributed by atoms with van der Waals surface area (Å²) in [6.07, 6.45) is 4.98. The molecule has 0 saturated heterocycles. The standard InChI is InChI=1S/C11H20N2O/c1-4-5-6-7-8-11(14)13(3)10(2)9-12/h10H,4-8H2,1-3H3. The van der Waals surface area contributed by atoms with Gasteiger partial charge in [-0.3, -0.25) is 4.79 Å². The second kappa shape index (κ2) is 7.37. The normalized spacial score (nSPS) is 11.9. The van der Waals surface area contributed by atoms with Crippen LogP contribution >= 0.6 is 0 Å². The highest BCUT2D eigenvalue weighted by atomic mass is 16.2. The Kier molecular flexibility index (Phi) is 6.82. The van der Waals surface area contributed by atoms with Crippen molar-refractivity contribution in [1.82, 2.24) is 4.90 Å². The topological polar surface area (TPSA) is 44.1 Å². The van der Waals surface area contributed by atoms with Gasteiger partial charge < -0.3 is 4.90 Å². The zero-order valence-electron chi connectivity index (χ0n) is 9.42. The minimum atomic E-state index is -0.311. The highest BCUT2D eigenvalue weighted by Gasteiger charge is 2.13. The molecule has 0 aromatic rings. The largest absolute Gasteiger partial charge is 0.330 e. The Bertz CT molecular complexity index is 208. The molecule has 0 rings (SSSR count). The Hall–Kier alpha value is -1.04. The van der Waals surface area contributed by atoms with Crippen LogP contribution in [0.2, 0.25) is 0 Å². The lowest BCUT2D eigenvalue weighted by atomic mass is 10.1. The fourth-order valence-corrected chi connectivity index (χ4v) is 1.18. The molecule has 80 valence electrons. The van der Waals surface area contributed by atoms with Crippen LogP contribution in [0.4, 0.5) is 0 Å². The van der Waals surface area contributed by atoms with E-state index in [4.69, 9.17) is 5.26 Å². The number of hydrogen-bond acceptors (Lipinski definition) is 2. The van der Waals surface area contributed by atoms with E-state index in [9.17, 15) is 4.79 Å². The summed E-state index contributed by atoms with van der Waals surface area (Å²) in [7, 11) is 1.69. The number of nitrogens with zero attached hydrogens (tertiary/aromatic N) is 2. The van der Waals surface area contributed by atoms with Gasteiger partial charge in [-0.25, -0.2) is 0 Å². The average Bonchev–Trinajstić information content (AvgIpc) is 2.21. The van der Waals surface area contributed by atoms with Crippen molar-refractivity contribution in [2.24, 2.45) is 0 Å². The Morgan fingerprint density at radius 2 is 2.07 bits per heavy atom. The van der Waals surface area contributed by atoms with Gasteiger partial charge in [-0.2, -0.15) is 5.26 Å². The molecule has 14 heavy (non-hydrogen) atoms. The van der Waals surface area contributed by atoms with Crippen molar-refractivity contribution in [2.75, 3.05) is 7.05 Å². The predicted octanol–water partition coefficient (Wildman–Crippen LogP) is 2.33. The third-order valence-corrected chi connectivity index (χ3v) is 2.41. The fraction of sp³-hybridized carbons (Fsp3) is 0.818. The first-order chi connectivity index (χ1) is 6.63. The molecule has 1 atom stereocenters. The monoisotopic (exact) mass is 196 g/mol. The first-order valence-corrected chi connectivity index (χ1v) is 5.28. The van der Waals surface area contributed by atoms with Crippen LogP contribution in [0.1, 0.15) is 46.0 Å². The van der Waals surface area contributed by atoms with Crippen molar-refractivity contribution in [3.05, 3.63) is 0 Å². The molecule has 0 aliphatic carbocycles. The van der Waals surface area contributed by atoms with Gasteiger partial charge in [0.15, 0.2) is 0 Å². The van der Waals surface area contributed by atoms with E-state index in [2.05, 4.69) is 13.0 Å². The molecule has 0 N–H and O–H groups in total. The predicted molar refractivity (Wildman–Crippen MR) is 56.6 cm³/mol. The number of nitriles is 1. The lowest BCUT2D eigenvalue weighted by Gasteiger charge is -2.19. The third-order valence-electron chi connectivity index (χ3n) is 2.41. The van der Waals surface area contributed by atoms with Crippen LogP contribution in [0.5, 0.6) is 0 Å². The van der Waals surface area contributed by atoms with Crippen LogP contribution in [-0.2, 0) is 4.79 Å². The van der Waals surface area contributed by atoms with Gasteiger partial charge >= 0.3 is 0 Å². The second-order valence-corrected chi connectivity index (χ2v) is 3.62. The summed E-state index contributed by atoms with van der Waals surface area (Å²) in [4.78, 5) is 13.0. The first-order valence-electron chi connectivity index (χ1n) is 5.28. The van der Waals surface area contributed by atoms with Crippen molar-refractivity contribution in [3.8, 4) is 6.07 Å². The summed E-state index contributed by atoms with van der Waals surface area (Å²) in [5, 5.41) is 8.62. The number of amides is 1. The molecule has 1 unspecified atom stereocenters. The Labute approximate surface area is 86.7 Å². The SMILES string of the molecule is CCCCCCC(=O)N(C)C(C)C#N. The summed E-state index contributed by atoms with van der Waals surface area (Å²) in [6, 6.07) is 1.74. The number of unbranched alkanes of at least 4 members (excludes halogenated alkanes) is 3. The van der Waals surface area contributed by atoms with Crippen molar-refractivity contribution in [2.45, 2.75) is 52.0 Å². The van der Waals surface area contributed by atoms with E-state index < -0.39 is 0 Å². The smallest absolute Gasteiger partial charge is 0.223 e. The summed E-state index contributed by atoms with van der Waals surface area (Å²) in [5.41, 5.74) is 0. The second-order valence-electron chi connectivity index (χ2n) is 3.62. The summed E-state index contributed by atoms with van der Waals surface area (Å²) in [6.45, 7) is 3.88. The van der Waals surface area contributed by atoms with E-state index in [1.807, 2.05) is 0 Å². The van der Waals surface area contributed by atoms with E-state index in [-0.39, 0.29) is 11.9 Å². The molecule has 0 aromatic carbocycles. The van der Waals surface area contributed by atoms with Gasteiger partial charge in [0.05, 0.1) is 6.07 Å². The minimum Gasteiger partial charge on any atom is -0.330 e. The van der Waals surface area contributed by atoms with Gasteiger partial charge in [-0.15, -0.1) is 0 Å². The van der Waals surface area contributed by atoms with Gasteiger partial charge in [0.25, 0.3) is 0 Å². The van der Waals surface area contributed by atoms with Crippen LogP contribution in [0.15, 0.2) is 0 Å². The summed E-state index contributed by atoms with van der Waals surface area (Å²) >= 11 is 0. The first kappa shape index (κ1) is 13.0. The fourth-order valence-electron chi connectivity index (χ4n) is 1.18. The molecule has 0 saturated carbocycles. The molecular weight excluding hydrogens is 176 g/mol. The summed E-state index contributed by atoms with van der Waals surface area (Å²) < 4.78 is 0. The van der Waals surface area contributed by atoms with Crippen molar-refractivity contribution in [1.29, 1.82) is 5.26 Å². The highest BCUT2D eigenvalue weighted by Crippen LogP contribution is 2.05. The van der Waals surface area contributed by atoms with Crippen LogP contribution in [-0.4, -0.2) is 23.9 Å². The molecular formula is C11H20N2O. The summed E-state index contributed by atoms with van der Waals surface area (Å²) in [5.74, 6) is 0.0788. The molecule has 0 heterocycles. The molecule has 0 spiro atoms. The van der Waals surface area contributed by atoms with Gasteiger partial charge in [0.1, 0.15) is 6.04 Å². The quantitative estimate of drug-likeness (QED) is 0.612. The maximum atomic E-state index is 11.5. The number of rotatable bonds is 6. The zero-order chi connectivity index (χ0) is 11.0. The highest BCUT2D eigenvalue weighted by molar-refractivity contribution is 5.76. The van der Waals surface area contributed by atoms with E-state index >= 15 is 0 Å². The lowest BCUT2D eigenvalue weighted by molar-refractivity contribution is -0.130. The molecule has 0 aliphatic heterocycles. The minimum absolute atomic E-state index is 0.0788. The molecule has 0 bridgehead atoms. The maximum absolute atomic E-state index is 11.5. The van der Waals surface area contributed by atoms with Crippen molar-refractivity contribution >= 4 is 5.91 Å². The van der Waals surface area contributed by atoms with Gasteiger partial charge in [0.2, 0.25) is 5.91 Å². The van der Waals surface area contributed by atoms with Crippen LogP contribution < -0.4 is 0 Å². The molecule has 1 amide bonds. The molecule has 0 fully saturated rings. The zero-order valence-corrected chi connectivity index (χ0v) is 9.42. The molecule has 0 aromatic heterocycles. The van der Waals surface area contributed by atoms with Crippen molar-refractivity contribution in [3.63, 3.8) is 0 Å². The van der Waals surface area contributed by atoms with Gasteiger partial charge in [-0.1, -0.05) is 26.2 Å². The van der Waals surface area contributed by atoms with Crippen LogP contribution in [0, 0.1) is 11.3 Å². The van der Waals surface area contributed by atoms with Gasteiger partial charge in [-0.05, 0) is 13.3 Å². The van der Waals surface area contributed by atoms with Crippen molar-refractivity contribution < 1.29 is 4.79 Å². The number of carbonyl (C=O) groups excluding carboxylic acids is 1. The molecule has 3 nitrogen and oxygen atoms in total. The third kappa shape index (κ3) is 4.86. The van der Waals surface area contributed by atoms with E-state index in [1.54, 1.807) is 14.0 Å².